The summed E-state index contributed by atoms with van der Waals surface area (Å²) in [6.07, 6.45) is 0. The fourth-order valence-electron chi connectivity index (χ4n) is 3.12. The van der Waals surface area contributed by atoms with Crippen molar-refractivity contribution in [3.8, 4) is 5.75 Å². The van der Waals surface area contributed by atoms with Crippen molar-refractivity contribution < 1.29 is 5.11 Å². The molecule has 1 atom stereocenters. The summed E-state index contributed by atoms with van der Waals surface area (Å²) < 4.78 is 0. The number of hydrogen-bond acceptors (Lipinski definition) is 2. The molecule has 0 aromatic heterocycles. The minimum atomic E-state index is -0.0386. The third-order valence-electron chi connectivity index (χ3n) is 4.37. The van der Waals surface area contributed by atoms with Gasteiger partial charge in [0.2, 0.25) is 0 Å². The van der Waals surface area contributed by atoms with E-state index in [0.29, 0.717) is 28.4 Å². The van der Waals surface area contributed by atoms with Gasteiger partial charge in [0, 0.05) is 24.1 Å². The number of aromatic hydroxyl groups is 1. The molecule has 0 aliphatic heterocycles. The van der Waals surface area contributed by atoms with Crippen LogP contribution < -0.4 is 5.32 Å². The second-order valence-electron chi connectivity index (χ2n) is 6.51. The molecule has 0 heterocycles. The zero-order valence-electron chi connectivity index (χ0n) is 14.3. The Bertz CT molecular complexity index is 892. The molecule has 0 radical (unpaired) electrons. The smallest absolute Gasteiger partial charge is 0.120 e. The van der Waals surface area contributed by atoms with Crippen molar-refractivity contribution in [2.45, 2.75) is 25.8 Å². The van der Waals surface area contributed by atoms with Crippen LogP contribution in [0.25, 0.3) is 10.8 Å². The normalized spacial score (nSPS) is 12.7. The van der Waals surface area contributed by atoms with Crippen LogP contribution in [0.2, 0.25) is 10.0 Å². The first kappa shape index (κ1) is 18.1. The van der Waals surface area contributed by atoms with Gasteiger partial charge in [0.05, 0.1) is 10.0 Å². The van der Waals surface area contributed by atoms with Crippen molar-refractivity contribution in [3.63, 3.8) is 0 Å². The Kier molecular flexibility index (Phi) is 5.53. The lowest BCUT2D eigenvalue weighted by molar-refractivity contribution is 0.461. The second kappa shape index (κ2) is 7.65. The maximum atomic E-state index is 10.6. The van der Waals surface area contributed by atoms with E-state index in [1.807, 2.05) is 42.5 Å². The topological polar surface area (TPSA) is 32.3 Å². The minimum Gasteiger partial charge on any atom is -0.508 e. The van der Waals surface area contributed by atoms with Crippen LogP contribution in [0.5, 0.6) is 5.75 Å². The van der Waals surface area contributed by atoms with Gasteiger partial charge in [0.15, 0.2) is 0 Å². The maximum absolute atomic E-state index is 10.6. The van der Waals surface area contributed by atoms with Crippen LogP contribution in [0.4, 0.5) is 0 Å². The first-order valence-electron chi connectivity index (χ1n) is 8.36. The molecular formula is C21H21Cl2NO. The second-order valence-corrected chi connectivity index (χ2v) is 7.32. The van der Waals surface area contributed by atoms with Gasteiger partial charge in [-0.2, -0.15) is 0 Å². The molecule has 25 heavy (non-hydrogen) atoms. The number of nitrogens with one attached hydrogen (secondary N) is 1. The van der Waals surface area contributed by atoms with Crippen molar-refractivity contribution in [3.05, 3.63) is 75.8 Å². The summed E-state index contributed by atoms with van der Waals surface area (Å²) in [6.45, 7) is 4.90. The predicted molar refractivity (Wildman–Crippen MR) is 107 cm³/mol. The minimum absolute atomic E-state index is 0.0386. The SMILES string of the molecule is CC(C)NCC(c1ccc(Cl)c(Cl)c1)c1c(O)ccc2ccccc12. The zero-order chi connectivity index (χ0) is 18.0. The number of phenols is 1. The number of phenolic OH excluding ortho intramolecular Hbond substituents is 1. The van der Waals surface area contributed by atoms with Crippen molar-refractivity contribution in [1.82, 2.24) is 5.32 Å². The van der Waals surface area contributed by atoms with Crippen molar-refractivity contribution in [2.24, 2.45) is 0 Å². The van der Waals surface area contributed by atoms with Crippen LogP contribution >= 0.6 is 23.2 Å². The first-order chi connectivity index (χ1) is 12.0. The molecule has 0 fully saturated rings. The van der Waals surface area contributed by atoms with Gasteiger partial charge < -0.3 is 10.4 Å². The van der Waals surface area contributed by atoms with E-state index in [1.165, 1.54) is 0 Å². The summed E-state index contributed by atoms with van der Waals surface area (Å²) in [7, 11) is 0. The molecule has 130 valence electrons. The van der Waals surface area contributed by atoms with Gasteiger partial charge in [-0.05, 0) is 34.5 Å². The third-order valence-corrected chi connectivity index (χ3v) is 5.11. The molecule has 3 aromatic carbocycles. The van der Waals surface area contributed by atoms with E-state index >= 15 is 0 Å². The molecule has 0 saturated carbocycles. The lowest BCUT2D eigenvalue weighted by atomic mass is 9.87. The summed E-state index contributed by atoms with van der Waals surface area (Å²) in [6, 6.07) is 17.8. The van der Waals surface area contributed by atoms with E-state index in [1.54, 1.807) is 6.07 Å². The lowest BCUT2D eigenvalue weighted by Crippen LogP contribution is -2.28. The molecule has 3 aromatic rings. The van der Waals surface area contributed by atoms with E-state index < -0.39 is 0 Å². The molecule has 0 spiro atoms. The lowest BCUT2D eigenvalue weighted by Gasteiger charge is -2.23. The molecule has 2 N–H and O–H groups in total. The Balaban J connectivity index is 2.17. The van der Waals surface area contributed by atoms with Crippen LogP contribution in [-0.4, -0.2) is 17.7 Å². The quantitative estimate of drug-likeness (QED) is 0.576. The third kappa shape index (κ3) is 3.92. The van der Waals surface area contributed by atoms with E-state index in [4.69, 9.17) is 23.2 Å². The number of hydrogen-bond donors (Lipinski definition) is 2. The summed E-state index contributed by atoms with van der Waals surface area (Å²) >= 11 is 12.3. The number of halogens is 2. The standard InChI is InChI=1S/C21H21Cl2NO/c1-13(2)24-12-17(15-7-9-18(22)19(23)11-15)21-16-6-4-3-5-14(16)8-10-20(21)25/h3-11,13,17,24-25H,12H2,1-2H3. The molecule has 0 saturated heterocycles. The highest BCUT2D eigenvalue weighted by atomic mass is 35.5. The molecule has 0 aliphatic rings. The van der Waals surface area contributed by atoms with Crippen LogP contribution in [0.15, 0.2) is 54.6 Å². The summed E-state index contributed by atoms with van der Waals surface area (Å²) in [4.78, 5) is 0. The highest BCUT2D eigenvalue weighted by Gasteiger charge is 2.21. The largest absolute Gasteiger partial charge is 0.508 e. The Labute approximate surface area is 158 Å². The van der Waals surface area contributed by atoms with E-state index in [-0.39, 0.29) is 5.92 Å². The molecule has 3 rings (SSSR count). The molecular weight excluding hydrogens is 353 g/mol. The molecule has 2 nitrogen and oxygen atoms in total. The molecule has 0 aliphatic carbocycles. The highest BCUT2D eigenvalue weighted by molar-refractivity contribution is 6.42. The van der Waals surface area contributed by atoms with Crippen LogP contribution in [0, 0.1) is 0 Å². The Morgan fingerprint density at radius 3 is 2.44 bits per heavy atom. The van der Waals surface area contributed by atoms with Gasteiger partial charge in [-0.1, -0.05) is 73.4 Å². The summed E-state index contributed by atoms with van der Waals surface area (Å²) in [5.41, 5.74) is 1.93. The first-order valence-corrected chi connectivity index (χ1v) is 9.12. The molecule has 0 amide bonds. The van der Waals surface area contributed by atoms with Gasteiger partial charge in [-0.15, -0.1) is 0 Å². The van der Waals surface area contributed by atoms with Crippen molar-refractivity contribution >= 4 is 34.0 Å². The van der Waals surface area contributed by atoms with Crippen LogP contribution in [0.1, 0.15) is 30.9 Å². The van der Waals surface area contributed by atoms with Crippen molar-refractivity contribution in [1.29, 1.82) is 0 Å². The summed E-state index contributed by atoms with van der Waals surface area (Å²) in [5.74, 6) is 0.253. The van der Waals surface area contributed by atoms with E-state index in [2.05, 4.69) is 25.2 Å². The number of fused-ring (bicyclic) bond motifs is 1. The molecule has 4 heteroatoms. The average molecular weight is 374 g/mol. The van der Waals surface area contributed by atoms with E-state index in [9.17, 15) is 5.11 Å². The van der Waals surface area contributed by atoms with Crippen LogP contribution in [-0.2, 0) is 0 Å². The maximum Gasteiger partial charge on any atom is 0.120 e. The molecule has 0 bridgehead atoms. The summed E-state index contributed by atoms with van der Waals surface area (Å²) in [5, 5.41) is 17.3. The fourth-order valence-corrected chi connectivity index (χ4v) is 3.43. The Morgan fingerprint density at radius 1 is 0.960 bits per heavy atom. The zero-order valence-corrected chi connectivity index (χ0v) is 15.8. The molecule has 1 unspecified atom stereocenters. The van der Waals surface area contributed by atoms with Gasteiger partial charge in [0.25, 0.3) is 0 Å². The number of rotatable bonds is 5. The van der Waals surface area contributed by atoms with Crippen LogP contribution in [0.3, 0.4) is 0 Å². The Hall–Kier alpha value is -1.74. The van der Waals surface area contributed by atoms with Gasteiger partial charge in [-0.25, -0.2) is 0 Å². The number of benzene rings is 3. The van der Waals surface area contributed by atoms with Gasteiger partial charge in [0.1, 0.15) is 5.75 Å². The predicted octanol–water partition coefficient (Wildman–Crippen LogP) is 5.98. The van der Waals surface area contributed by atoms with E-state index in [0.717, 1.165) is 21.9 Å². The average Bonchev–Trinajstić information content (AvgIpc) is 2.59. The van der Waals surface area contributed by atoms with Crippen molar-refractivity contribution in [2.75, 3.05) is 6.54 Å². The highest BCUT2D eigenvalue weighted by Crippen LogP contribution is 2.38. The fraction of sp³-hybridized carbons (Fsp3) is 0.238. The Morgan fingerprint density at radius 2 is 1.72 bits per heavy atom. The monoisotopic (exact) mass is 373 g/mol. The van der Waals surface area contributed by atoms with Gasteiger partial charge in [-0.3, -0.25) is 0 Å². The van der Waals surface area contributed by atoms with Gasteiger partial charge >= 0.3 is 0 Å².